The van der Waals surface area contributed by atoms with E-state index in [4.69, 9.17) is 0 Å². The molecule has 1 unspecified atom stereocenters. The lowest BCUT2D eigenvalue weighted by atomic mass is 9.68. The molecule has 1 aliphatic rings. The summed E-state index contributed by atoms with van der Waals surface area (Å²) in [4.78, 5) is 12.4. The largest absolute Gasteiger partial charge is 0.325 e. The summed E-state index contributed by atoms with van der Waals surface area (Å²) in [6, 6.07) is 4.44. The molecule has 19 heavy (non-hydrogen) atoms. The van der Waals surface area contributed by atoms with Crippen LogP contribution < -0.4 is 5.32 Å². The molecule has 2 rings (SSSR count). The van der Waals surface area contributed by atoms with E-state index in [0.717, 1.165) is 22.8 Å². The van der Waals surface area contributed by atoms with Gasteiger partial charge in [0.05, 0.1) is 5.69 Å². The Kier molecular flexibility index (Phi) is 4.48. The van der Waals surface area contributed by atoms with Crippen LogP contribution in [-0.2, 0) is 4.79 Å². The molecular formula is C15H19FINO. The third kappa shape index (κ3) is 3.46. The second-order valence-corrected chi connectivity index (χ2v) is 7.06. The van der Waals surface area contributed by atoms with Crippen LogP contribution in [0.4, 0.5) is 10.1 Å². The number of rotatable bonds is 2. The maximum Gasteiger partial charge on any atom is 0.228 e. The molecule has 0 heterocycles. The van der Waals surface area contributed by atoms with Crippen LogP contribution in [-0.4, -0.2) is 5.91 Å². The Morgan fingerprint density at radius 3 is 2.79 bits per heavy atom. The van der Waals surface area contributed by atoms with Crippen molar-refractivity contribution in [1.29, 1.82) is 0 Å². The van der Waals surface area contributed by atoms with Crippen molar-refractivity contribution in [3.63, 3.8) is 0 Å². The summed E-state index contributed by atoms with van der Waals surface area (Å²) in [5.41, 5.74) is 0.752. The number of hydrogen-bond acceptors (Lipinski definition) is 1. The Hall–Kier alpha value is -0.650. The van der Waals surface area contributed by atoms with Gasteiger partial charge in [-0.15, -0.1) is 0 Å². The highest BCUT2D eigenvalue weighted by Gasteiger charge is 2.37. The van der Waals surface area contributed by atoms with Gasteiger partial charge in [0.2, 0.25) is 5.91 Å². The van der Waals surface area contributed by atoms with Gasteiger partial charge < -0.3 is 5.32 Å². The van der Waals surface area contributed by atoms with Gasteiger partial charge >= 0.3 is 0 Å². The van der Waals surface area contributed by atoms with Crippen LogP contribution in [0.15, 0.2) is 18.2 Å². The first-order chi connectivity index (χ1) is 8.90. The lowest BCUT2D eigenvalue weighted by Crippen LogP contribution is -2.37. The smallest absolute Gasteiger partial charge is 0.228 e. The quantitative estimate of drug-likeness (QED) is 0.753. The summed E-state index contributed by atoms with van der Waals surface area (Å²) in [5, 5.41) is 2.95. The fourth-order valence-corrected chi connectivity index (χ4v) is 3.40. The van der Waals surface area contributed by atoms with Gasteiger partial charge in [0.1, 0.15) is 5.82 Å². The Balaban J connectivity index is 2.12. The molecule has 1 saturated carbocycles. The van der Waals surface area contributed by atoms with Gasteiger partial charge in [-0.25, -0.2) is 4.39 Å². The zero-order chi connectivity index (χ0) is 14.0. The average Bonchev–Trinajstić information content (AvgIpc) is 2.32. The van der Waals surface area contributed by atoms with Crippen LogP contribution in [0.3, 0.4) is 0 Å². The minimum atomic E-state index is -0.277. The van der Waals surface area contributed by atoms with Crippen molar-refractivity contribution in [2.24, 2.45) is 11.3 Å². The molecule has 1 aromatic carbocycles. The normalized spacial score (nSPS) is 22.0. The Morgan fingerprint density at radius 2 is 2.16 bits per heavy atom. The Morgan fingerprint density at radius 1 is 1.42 bits per heavy atom. The van der Waals surface area contributed by atoms with E-state index in [2.05, 4.69) is 19.2 Å². The maximum absolute atomic E-state index is 13.0. The highest BCUT2D eigenvalue weighted by molar-refractivity contribution is 14.1. The van der Waals surface area contributed by atoms with E-state index >= 15 is 0 Å². The van der Waals surface area contributed by atoms with E-state index in [9.17, 15) is 9.18 Å². The second-order valence-electron chi connectivity index (χ2n) is 5.90. The number of amides is 1. The first-order valence-corrected chi connectivity index (χ1v) is 7.74. The van der Waals surface area contributed by atoms with Gasteiger partial charge in [-0.3, -0.25) is 4.79 Å². The fraction of sp³-hybridized carbons (Fsp3) is 0.533. The molecule has 0 bridgehead atoms. The second kappa shape index (κ2) is 5.77. The van der Waals surface area contributed by atoms with Crippen molar-refractivity contribution < 1.29 is 9.18 Å². The minimum absolute atomic E-state index is 0.0436. The molecule has 0 saturated heterocycles. The molecule has 1 fully saturated rings. The third-order valence-corrected chi connectivity index (χ3v) is 4.91. The number of carbonyl (C=O) groups excluding carboxylic acids is 1. The Bertz CT molecular complexity index is 487. The number of benzene rings is 1. The molecule has 1 amide bonds. The SMILES string of the molecule is CC1(C)CCCCC1C(=O)Nc1ccc(F)cc1I. The van der Waals surface area contributed by atoms with Crippen molar-refractivity contribution in [2.45, 2.75) is 39.5 Å². The van der Waals surface area contributed by atoms with Gasteiger partial charge in [-0.2, -0.15) is 0 Å². The monoisotopic (exact) mass is 375 g/mol. The molecule has 104 valence electrons. The van der Waals surface area contributed by atoms with Crippen LogP contribution in [0.1, 0.15) is 39.5 Å². The third-order valence-electron chi connectivity index (χ3n) is 4.01. The summed E-state index contributed by atoms with van der Waals surface area (Å²) in [5.74, 6) is -0.170. The average molecular weight is 375 g/mol. The van der Waals surface area contributed by atoms with Gasteiger partial charge in [0, 0.05) is 9.49 Å². The highest BCUT2D eigenvalue weighted by Crippen LogP contribution is 2.41. The molecule has 0 spiro atoms. The van der Waals surface area contributed by atoms with E-state index in [1.165, 1.54) is 18.6 Å². The maximum atomic E-state index is 13.0. The summed E-state index contributed by atoms with van der Waals surface area (Å²) in [6.07, 6.45) is 4.34. The topological polar surface area (TPSA) is 29.1 Å². The van der Waals surface area contributed by atoms with E-state index in [1.807, 2.05) is 22.6 Å². The molecule has 2 nitrogen and oxygen atoms in total. The number of nitrogens with one attached hydrogen (secondary N) is 1. The molecule has 0 radical (unpaired) electrons. The summed E-state index contributed by atoms with van der Waals surface area (Å²) in [6.45, 7) is 4.32. The fourth-order valence-electron chi connectivity index (χ4n) is 2.79. The molecule has 0 aromatic heterocycles. The lowest BCUT2D eigenvalue weighted by molar-refractivity contribution is -0.124. The molecule has 1 N–H and O–H groups in total. The molecule has 1 aromatic rings. The first kappa shape index (κ1) is 14.8. The summed E-state index contributed by atoms with van der Waals surface area (Å²) >= 11 is 2.04. The molecule has 1 aliphatic carbocycles. The van der Waals surface area contributed by atoms with Crippen molar-refractivity contribution in [1.82, 2.24) is 0 Å². The van der Waals surface area contributed by atoms with Gasteiger partial charge in [-0.05, 0) is 59.0 Å². The molecular weight excluding hydrogens is 356 g/mol. The zero-order valence-electron chi connectivity index (χ0n) is 11.3. The zero-order valence-corrected chi connectivity index (χ0v) is 13.5. The van der Waals surface area contributed by atoms with Crippen LogP contribution in [0, 0.1) is 20.7 Å². The number of hydrogen-bond donors (Lipinski definition) is 1. The minimum Gasteiger partial charge on any atom is -0.325 e. The van der Waals surface area contributed by atoms with Gasteiger partial charge in [0.15, 0.2) is 0 Å². The van der Waals surface area contributed by atoms with Crippen molar-refractivity contribution in [2.75, 3.05) is 5.32 Å². The van der Waals surface area contributed by atoms with Crippen molar-refractivity contribution in [3.05, 3.63) is 27.6 Å². The van der Waals surface area contributed by atoms with Crippen LogP contribution >= 0.6 is 22.6 Å². The summed E-state index contributed by atoms with van der Waals surface area (Å²) in [7, 11) is 0. The van der Waals surface area contributed by atoms with E-state index < -0.39 is 0 Å². The van der Waals surface area contributed by atoms with Crippen molar-refractivity contribution >= 4 is 34.2 Å². The predicted octanol–water partition coefficient (Wildman–Crippen LogP) is 4.59. The van der Waals surface area contributed by atoms with Crippen LogP contribution in [0.5, 0.6) is 0 Å². The highest BCUT2D eigenvalue weighted by atomic mass is 127. The van der Waals surface area contributed by atoms with Crippen LogP contribution in [0.25, 0.3) is 0 Å². The van der Waals surface area contributed by atoms with E-state index in [0.29, 0.717) is 5.69 Å². The number of halogens is 2. The summed E-state index contributed by atoms with van der Waals surface area (Å²) < 4.78 is 13.8. The molecule has 0 aliphatic heterocycles. The van der Waals surface area contributed by atoms with E-state index in [-0.39, 0.29) is 23.1 Å². The number of anilines is 1. The number of carbonyl (C=O) groups is 1. The van der Waals surface area contributed by atoms with E-state index in [1.54, 1.807) is 6.07 Å². The first-order valence-electron chi connectivity index (χ1n) is 6.66. The Labute approximate surface area is 127 Å². The standard InChI is InChI=1S/C15H19FINO/c1-15(2)8-4-3-5-11(15)14(19)18-13-7-6-10(16)9-12(13)17/h6-7,9,11H,3-5,8H2,1-2H3,(H,18,19). The molecule has 1 atom stereocenters. The van der Waals surface area contributed by atoms with Gasteiger partial charge in [0.25, 0.3) is 0 Å². The predicted molar refractivity (Wildman–Crippen MR) is 83.5 cm³/mol. The van der Waals surface area contributed by atoms with Crippen molar-refractivity contribution in [3.8, 4) is 0 Å². The van der Waals surface area contributed by atoms with Crippen LogP contribution in [0.2, 0.25) is 0 Å². The van der Waals surface area contributed by atoms with Gasteiger partial charge in [-0.1, -0.05) is 26.7 Å². The molecule has 4 heteroatoms. The lowest BCUT2D eigenvalue weighted by Gasteiger charge is -2.37.